The van der Waals surface area contributed by atoms with Crippen molar-refractivity contribution in [2.45, 2.75) is 55.5 Å². The van der Waals surface area contributed by atoms with Gasteiger partial charge in [-0.2, -0.15) is 0 Å². The van der Waals surface area contributed by atoms with Crippen LogP contribution in [0.5, 0.6) is 0 Å². The first-order valence-corrected chi connectivity index (χ1v) is 11.1. The number of amides is 1. The summed E-state index contributed by atoms with van der Waals surface area (Å²) in [4.78, 5) is 28.6. The highest BCUT2D eigenvalue weighted by molar-refractivity contribution is 8.00. The molecule has 1 N–H and O–H groups in total. The minimum absolute atomic E-state index is 0.00457. The predicted molar refractivity (Wildman–Crippen MR) is 108 cm³/mol. The van der Waals surface area contributed by atoms with Crippen molar-refractivity contribution in [2.24, 2.45) is 5.92 Å². The van der Waals surface area contributed by atoms with Crippen LogP contribution in [0.15, 0.2) is 25.8 Å². The summed E-state index contributed by atoms with van der Waals surface area (Å²) in [6.45, 7) is 1.77. The van der Waals surface area contributed by atoms with Gasteiger partial charge in [-0.3, -0.25) is 9.59 Å². The molecule has 148 valence electrons. The van der Waals surface area contributed by atoms with Crippen molar-refractivity contribution in [3.63, 3.8) is 0 Å². The molecule has 8 nitrogen and oxygen atoms in total. The Morgan fingerprint density at radius 2 is 2.18 bits per heavy atom. The first kappa shape index (κ1) is 19.1. The van der Waals surface area contributed by atoms with Gasteiger partial charge in [-0.15, -0.1) is 14.8 Å². The lowest BCUT2D eigenvalue weighted by Gasteiger charge is -2.07. The summed E-state index contributed by atoms with van der Waals surface area (Å²) in [6.07, 6.45) is 6.55. The van der Waals surface area contributed by atoms with Crippen LogP contribution in [0.3, 0.4) is 0 Å². The second-order valence-electron chi connectivity index (χ2n) is 6.98. The van der Waals surface area contributed by atoms with Crippen LogP contribution in [-0.2, 0) is 10.5 Å². The predicted octanol–water partition coefficient (Wildman–Crippen LogP) is 3.65. The molecule has 0 saturated heterocycles. The van der Waals surface area contributed by atoms with E-state index in [4.69, 9.17) is 4.52 Å². The van der Waals surface area contributed by atoms with Crippen LogP contribution in [-0.4, -0.2) is 25.7 Å². The van der Waals surface area contributed by atoms with Gasteiger partial charge in [-0.1, -0.05) is 48.8 Å². The van der Waals surface area contributed by atoms with E-state index in [9.17, 15) is 9.59 Å². The van der Waals surface area contributed by atoms with Crippen molar-refractivity contribution in [3.8, 4) is 0 Å². The summed E-state index contributed by atoms with van der Waals surface area (Å²) >= 11 is 2.76. The number of fused-ring (bicyclic) bond motifs is 1. The summed E-state index contributed by atoms with van der Waals surface area (Å²) < 4.78 is 7.18. The third kappa shape index (κ3) is 4.61. The van der Waals surface area contributed by atoms with E-state index in [-0.39, 0.29) is 11.5 Å². The molecule has 0 bridgehead atoms. The number of carbonyl (C=O) groups is 1. The van der Waals surface area contributed by atoms with E-state index < -0.39 is 0 Å². The quantitative estimate of drug-likeness (QED) is 0.460. The van der Waals surface area contributed by atoms with Crippen molar-refractivity contribution < 1.29 is 9.32 Å². The first-order chi connectivity index (χ1) is 13.6. The Labute approximate surface area is 169 Å². The Kier molecular flexibility index (Phi) is 5.77. The van der Waals surface area contributed by atoms with E-state index in [1.165, 1.54) is 59.4 Å². The van der Waals surface area contributed by atoms with Gasteiger partial charge in [0.15, 0.2) is 9.99 Å². The number of nitrogens with zero attached hydrogens (tertiary/aromatic N) is 4. The lowest BCUT2D eigenvalue weighted by Crippen LogP contribution is -2.12. The van der Waals surface area contributed by atoms with Crippen molar-refractivity contribution in [1.82, 2.24) is 19.8 Å². The summed E-state index contributed by atoms with van der Waals surface area (Å²) in [6, 6.07) is 3.18. The van der Waals surface area contributed by atoms with Crippen molar-refractivity contribution in [1.29, 1.82) is 0 Å². The molecule has 3 heterocycles. The fraction of sp³-hybridized carbons (Fsp3) is 0.500. The zero-order valence-corrected chi connectivity index (χ0v) is 17.1. The van der Waals surface area contributed by atoms with E-state index in [0.717, 1.165) is 10.8 Å². The Morgan fingerprint density at radius 1 is 1.36 bits per heavy atom. The van der Waals surface area contributed by atoms with Gasteiger partial charge >= 0.3 is 0 Å². The lowest BCUT2D eigenvalue weighted by atomic mass is 10.0. The molecule has 0 unspecified atom stereocenters. The standard InChI is InChI=1S/C18H21N5O3S2/c1-11-8-14-19-13(9-16(25)23(14)26-11)10-27-18-22-21-17(28-18)20-15(24)7-6-12-4-2-3-5-12/h8-9,12H,2-7,10H2,1H3,(H,20,21,24). The number of aryl methyl sites for hydroxylation is 1. The molecule has 10 heteroatoms. The van der Waals surface area contributed by atoms with E-state index in [1.54, 1.807) is 13.0 Å². The zero-order valence-electron chi connectivity index (χ0n) is 15.5. The van der Waals surface area contributed by atoms with E-state index in [0.29, 0.717) is 40.3 Å². The Balaban J connectivity index is 1.31. The van der Waals surface area contributed by atoms with Crippen LogP contribution in [0.1, 0.15) is 50.0 Å². The molecular weight excluding hydrogens is 398 g/mol. The number of nitrogens with one attached hydrogen (secondary N) is 1. The smallest absolute Gasteiger partial charge is 0.287 e. The van der Waals surface area contributed by atoms with Gasteiger partial charge in [0.25, 0.3) is 5.56 Å². The zero-order chi connectivity index (χ0) is 19.5. The molecular formula is C18H21N5O3S2. The molecule has 1 saturated carbocycles. The molecule has 1 amide bonds. The van der Waals surface area contributed by atoms with Crippen LogP contribution >= 0.6 is 23.1 Å². The van der Waals surface area contributed by atoms with Crippen LogP contribution in [0, 0.1) is 12.8 Å². The lowest BCUT2D eigenvalue weighted by molar-refractivity contribution is -0.116. The van der Waals surface area contributed by atoms with Crippen LogP contribution in [0.2, 0.25) is 0 Å². The highest BCUT2D eigenvalue weighted by Crippen LogP contribution is 2.30. The largest absolute Gasteiger partial charge is 0.375 e. The van der Waals surface area contributed by atoms with Crippen molar-refractivity contribution in [2.75, 3.05) is 5.32 Å². The van der Waals surface area contributed by atoms with Crippen LogP contribution < -0.4 is 10.9 Å². The molecule has 1 aliphatic rings. The molecule has 1 fully saturated rings. The summed E-state index contributed by atoms with van der Waals surface area (Å²) in [7, 11) is 0. The third-order valence-corrected chi connectivity index (χ3v) is 6.78. The van der Waals surface area contributed by atoms with Gasteiger partial charge in [0.1, 0.15) is 5.76 Å². The molecule has 1 aliphatic carbocycles. The molecule has 0 aromatic carbocycles. The highest BCUT2D eigenvalue weighted by atomic mass is 32.2. The number of aromatic nitrogens is 4. The average Bonchev–Trinajstić information content (AvgIpc) is 3.39. The number of hydrogen-bond donors (Lipinski definition) is 1. The molecule has 0 atom stereocenters. The molecule has 3 aromatic rings. The molecule has 0 radical (unpaired) electrons. The van der Waals surface area contributed by atoms with E-state index in [2.05, 4.69) is 20.5 Å². The second-order valence-corrected chi connectivity index (χ2v) is 9.18. The molecule has 28 heavy (non-hydrogen) atoms. The molecule has 0 aliphatic heterocycles. The van der Waals surface area contributed by atoms with Gasteiger partial charge in [0, 0.05) is 24.3 Å². The maximum absolute atomic E-state index is 12.1. The fourth-order valence-electron chi connectivity index (χ4n) is 3.42. The number of thioether (sulfide) groups is 1. The number of hydrogen-bond acceptors (Lipinski definition) is 8. The average molecular weight is 420 g/mol. The normalized spacial score (nSPS) is 14.8. The topological polar surface area (TPSA) is 102 Å². The van der Waals surface area contributed by atoms with E-state index in [1.807, 2.05) is 0 Å². The Morgan fingerprint density at radius 3 is 3.00 bits per heavy atom. The number of rotatable bonds is 7. The molecule has 0 spiro atoms. The minimum Gasteiger partial charge on any atom is -0.375 e. The van der Waals surface area contributed by atoms with Crippen molar-refractivity contribution in [3.05, 3.63) is 33.9 Å². The Bertz CT molecular complexity index is 1040. The summed E-state index contributed by atoms with van der Waals surface area (Å²) in [5.74, 6) is 1.81. The Hall–Kier alpha value is -2.20. The number of anilines is 1. The van der Waals surface area contributed by atoms with Gasteiger partial charge < -0.3 is 9.84 Å². The van der Waals surface area contributed by atoms with Gasteiger partial charge in [-0.05, 0) is 19.3 Å². The van der Waals surface area contributed by atoms with Crippen LogP contribution in [0.4, 0.5) is 5.13 Å². The fourth-order valence-corrected chi connectivity index (χ4v) is 5.08. The minimum atomic E-state index is -0.249. The van der Waals surface area contributed by atoms with Crippen molar-refractivity contribution >= 4 is 39.8 Å². The third-order valence-electron chi connectivity index (χ3n) is 4.77. The summed E-state index contributed by atoms with van der Waals surface area (Å²) in [5.41, 5.74) is 0.891. The monoisotopic (exact) mass is 419 g/mol. The van der Waals surface area contributed by atoms with Gasteiger partial charge in [0.05, 0.1) is 5.69 Å². The highest BCUT2D eigenvalue weighted by Gasteiger charge is 2.17. The van der Waals surface area contributed by atoms with Crippen LogP contribution in [0.25, 0.3) is 5.65 Å². The van der Waals surface area contributed by atoms with E-state index >= 15 is 0 Å². The van der Waals surface area contributed by atoms with Gasteiger partial charge in [0.2, 0.25) is 11.0 Å². The molecule has 4 rings (SSSR count). The maximum atomic E-state index is 12.1. The summed E-state index contributed by atoms with van der Waals surface area (Å²) in [5, 5.41) is 11.5. The first-order valence-electron chi connectivity index (χ1n) is 9.32. The SMILES string of the molecule is Cc1cc2nc(CSc3nnc(NC(=O)CCC4CCCC4)s3)cc(=O)n2o1. The second kappa shape index (κ2) is 8.44. The van der Waals surface area contributed by atoms with Gasteiger partial charge in [-0.25, -0.2) is 4.98 Å². The maximum Gasteiger partial charge on any atom is 0.287 e. The number of carbonyl (C=O) groups excluding carboxylic acids is 1. The molecule has 3 aromatic heterocycles.